The molecule has 4 aromatic rings. The van der Waals surface area contributed by atoms with Crippen LogP contribution in [0.15, 0.2) is 70.5 Å². The number of aromatic nitrogens is 3. The van der Waals surface area contributed by atoms with Crippen molar-refractivity contribution < 1.29 is 5.11 Å². The van der Waals surface area contributed by atoms with Gasteiger partial charge < -0.3 is 14.2 Å². The molecule has 0 aliphatic carbocycles. The van der Waals surface area contributed by atoms with E-state index in [0.29, 0.717) is 41.3 Å². The van der Waals surface area contributed by atoms with Gasteiger partial charge in [-0.2, -0.15) is 0 Å². The molecule has 4 rings (SSSR count). The summed E-state index contributed by atoms with van der Waals surface area (Å²) in [4.78, 5) is 30.1. The monoisotopic (exact) mass is 361 g/mol. The summed E-state index contributed by atoms with van der Waals surface area (Å²) in [6.07, 6.45) is 3.91. The van der Waals surface area contributed by atoms with Crippen molar-refractivity contribution in [2.75, 3.05) is 6.61 Å². The number of nitrogens with zero attached hydrogens (tertiary/aromatic N) is 3. The van der Waals surface area contributed by atoms with Crippen LogP contribution in [0.4, 0.5) is 0 Å². The summed E-state index contributed by atoms with van der Waals surface area (Å²) in [5.74, 6) is 0. The van der Waals surface area contributed by atoms with Crippen LogP contribution >= 0.6 is 0 Å². The Bertz CT molecular complexity index is 1230. The molecule has 0 fully saturated rings. The van der Waals surface area contributed by atoms with Crippen LogP contribution in [-0.2, 0) is 13.1 Å². The van der Waals surface area contributed by atoms with Crippen molar-refractivity contribution in [3.8, 4) is 0 Å². The summed E-state index contributed by atoms with van der Waals surface area (Å²) in [5, 5.41) is 9.83. The van der Waals surface area contributed by atoms with Crippen LogP contribution in [0.5, 0.6) is 0 Å². The standard InChI is InChI=1S/C21H19N3O3/c25-12-4-9-23-10-7-18-16(20(23)26)13-17-19(22-18)8-11-24(21(17)27)14-15-5-2-1-3-6-15/h1-3,5-8,10-11,13,25H,4,9,12,14H2. The first-order valence-electron chi connectivity index (χ1n) is 8.85. The summed E-state index contributed by atoms with van der Waals surface area (Å²) in [6.45, 7) is 0.907. The summed E-state index contributed by atoms with van der Waals surface area (Å²) in [6, 6.07) is 14.9. The second-order valence-electron chi connectivity index (χ2n) is 6.48. The molecule has 0 aliphatic heterocycles. The highest BCUT2D eigenvalue weighted by molar-refractivity contribution is 5.91. The normalized spacial score (nSPS) is 11.3. The third-order valence-electron chi connectivity index (χ3n) is 4.64. The molecule has 0 atom stereocenters. The average Bonchev–Trinajstić information content (AvgIpc) is 2.70. The van der Waals surface area contributed by atoms with E-state index in [0.717, 1.165) is 5.56 Å². The summed E-state index contributed by atoms with van der Waals surface area (Å²) >= 11 is 0. The molecule has 0 bridgehead atoms. The van der Waals surface area contributed by atoms with Crippen molar-refractivity contribution in [3.05, 3.63) is 87.2 Å². The maximum atomic E-state index is 12.9. The van der Waals surface area contributed by atoms with Gasteiger partial charge >= 0.3 is 0 Å². The predicted molar refractivity (Wildman–Crippen MR) is 105 cm³/mol. The molecule has 27 heavy (non-hydrogen) atoms. The molecule has 1 aromatic carbocycles. The summed E-state index contributed by atoms with van der Waals surface area (Å²) in [5.41, 5.74) is 1.79. The second kappa shape index (κ2) is 7.17. The van der Waals surface area contributed by atoms with Crippen molar-refractivity contribution in [2.24, 2.45) is 0 Å². The lowest BCUT2D eigenvalue weighted by Crippen LogP contribution is -2.22. The average molecular weight is 361 g/mol. The maximum absolute atomic E-state index is 12.9. The molecule has 0 saturated carbocycles. The lowest BCUT2D eigenvalue weighted by Gasteiger charge is -2.09. The van der Waals surface area contributed by atoms with Gasteiger partial charge in [0.15, 0.2) is 0 Å². The largest absolute Gasteiger partial charge is 0.396 e. The molecule has 6 heteroatoms. The Morgan fingerprint density at radius 1 is 0.852 bits per heavy atom. The van der Waals surface area contributed by atoms with Gasteiger partial charge in [-0.15, -0.1) is 0 Å². The number of aliphatic hydroxyl groups is 1. The molecule has 0 unspecified atom stereocenters. The number of aliphatic hydroxyl groups excluding tert-OH is 1. The number of rotatable bonds is 5. The van der Waals surface area contributed by atoms with E-state index in [-0.39, 0.29) is 17.7 Å². The van der Waals surface area contributed by atoms with Crippen molar-refractivity contribution in [1.29, 1.82) is 0 Å². The van der Waals surface area contributed by atoms with Gasteiger partial charge in [-0.3, -0.25) is 9.59 Å². The highest BCUT2D eigenvalue weighted by Gasteiger charge is 2.10. The van der Waals surface area contributed by atoms with Crippen LogP contribution < -0.4 is 11.1 Å². The lowest BCUT2D eigenvalue weighted by atomic mass is 10.1. The molecule has 0 spiro atoms. The highest BCUT2D eigenvalue weighted by atomic mass is 16.3. The van der Waals surface area contributed by atoms with E-state index in [9.17, 15) is 9.59 Å². The Kier molecular flexibility index (Phi) is 4.56. The molecule has 6 nitrogen and oxygen atoms in total. The molecule has 0 aliphatic rings. The fourth-order valence-corrected chi connectivity index (χ4v) is 3.23. The van der Waals surface area contributed by atoms with Crippen LogP contribution in [0, 0.1) is 0 Å². The van der Waals surface area contributed by atoms with E-state index in [1.54, 1.807) is 35.2 Å². The Morgan fingerprint density at radius 3 is 2.15 bits per heavy atom. The van der Waals surface area contributed by atoms with Crippen molar-refractivity contribution in [3.63, 3.8) is 0 Å². The number of fused-ring (bicyclic) bond motifs is 2. The number of aryl methyl sites for hydroxylation is 1. The minimum absolute atomic E-state index is 0.0185. The van der Waals surface area contributed by atoms with E-state index < -0.39 is 0 Å². The van der Waals surface area contributed by atoms with Crippen LogP contribution in [0.1, 0.15) is 12.0 Å². The van der Waals surface area contributed by atoms with Crippen LogP contribution in [0.3, 0.4) is 0 Å². The first kappa shape index (κ1) is 17.2. The van der Waals surface area contributed by atoms with Gasteiger partial charge in [0.05, 0.1) is 28.4 Å². The molecule has 3 heterocycles. The van der Waals surface area contributed by atoms with E-state index in [1.165, 1.54) is 4.57 Å². The molecular formula is C21H19N3O3. The first-order chi connectivity index (χ1) is 13.2. The van der Waals surface area contributed by atoms with Gasteiger partial charge in [-0.05, 0) is 30.2 Å². The Hall–Kier alpha value is -3.25. The van der Waals surface area contributed by atoms with Crippen molar-refractivity contribution >= 4 is 21.8 Å². The maximum Gasteiger partial charge on any atom is 0.260 e. The Labute approximate surface area is 155 Å². The van der Waals surface area contributed by atoms with Gasteiger partial charge in [-0.25, -0.2) is 4.98 Å². The van der Waals surface area contributed by atoms with Gasteiger partial charge in [-0.1, -0.05) is 30.3 Å². The number of hydrogen-bond donors (Lipinski definition) is 1. The van der Waals surface area contributed by atoms with Gasteiger partial charge in [0.1, 0.15) is 0 Å². The molecule has 3 aromatic heterocycles. The highest BCUT2D eigenvalue weighted by Crippen LogP contribution is 2.15. The molecule has 136 valence electrons. The second-order valence-corrected chi connectivity index (χ2v) is 6.48. The third kappa shape index (κ3) is 3.27. The van der Waals surface area contributed by atoms with Crippen LogP contribution in [-0.4, -0.2) is 25.8 Å². The van der Waals surface area contributed by atoms with E-state index in [4.69, 9.17) is 5.11 Å². The first-order valence-corrected chi connectivity index (χ1v) is 8.85. The Balaban J connectivity index is 1.85. The van der Waals surface area contributed by atoms with E-state index >= 15 is 0 Å². The third-order valence-corrected chi connectivity index (χ3v) is 4.64. The molecule has 0 radical (unpaired) electrons. The Morgan fingerprint density at radius 2 is 1.48 bits per heavy atom. The molecule has 1 N–H and O–H groups in total. The number of benzene rings is 1. The van der Waals surface area contributed by atoms with Gasteiger partial charge in [0.2, 0.25) is 0 Å². The van der Waals surface area contributed by atoms with Crippen LogP contribution in [0.25, 0.3) is 21.8 Å². The molecule has 0 amide bonds. The van der Waals surface area contributed by atoms with Crippen molar-refractivity contribution in [2.45, 2.75) is 19.5 Å². The molecule has 0 saturated heterocycles. The fourth-order valence-electron chi connectivity index (χ4n) is 3.23. The zero-order valence-electron chi connectivity index (χ0n) is 14.7. The predicted octanol–water partition coefficient (Wildman–Crippen LogP) is 2.14. The topological polar surface area (TPSA) is 77.1 Å². The summed E-state index contributed by atoms with van der Waals surface area (Å²) in [7, 11) is 0. The molecular weight excluding hydrogens is 342 g/mol. The minimum Gasteiger partial charge on any atom is -0.396 e. The lowest BCUT2D eigenvalue weighted by molar-refractivity contribution is 0.279. The minimum atomic E-state index is -0.201. The van der Waals surface area contributed by atoms with Gasteiger partial charge in [0, 0.05) is 25.5 Å². The fraction of sp³-hybridized carbons (Fsp3) is 0.190. The van der Waals surface area contributed by atoms with Gasteiger partial charge in [0.25, 0.3) is 11.1 Å². The van der Waals surface area contributed by atoms with E-state index in [1.807, 2.05) is 30.3 Å². The zero-order valence-corrected chi connectivity index (χ0v) is 14.7. The smallest absolute Gasteiger partial charge is 0.260 e. The zero-order chi connectivity index (χ0) is 18.8. The number of pyridine rings is 3. The van der Waals surface area contributed by atoms with Crippen LogP contribution in [0.2, 0.25) is 0 Å². The van der Waals surface area contributed by atoms with E-state index in [2.05, 4.69) is 4.98 Å². The summed E-state index contributed by atoms with van der Waals surface area (Å²) < 4.78 is 3.16. The van der Waals surface area contributed by atoms with Crippen molar-refractivity contribution in [1.82, 2.24) is 14.1 Å². The SMILES string of the molecule is O=c1c2cc3c(=O)n(Cc4ccccc4)ccc3nc2ccn1CCCO. The number of hydrogen-bond acceptors (Lipinski definition) is 4. The quantitative estimate of drug-likeness (QED) is 0.553.